The Morgan fingerprint density at radius 3 is 2.61 bits per heavy atom. The zero-order chi connectivity index (χ0) is 13.1. The molecule has 7 nitrogen and oxygen atoms in total. The third kappa shape index (κ3) is 2.29. The van der Waals surface area contributed by atoms with E-state index < -0.39 is 10.9 Å². The topological polar surface area (TPSA) is 106 Å². The second kappa shape index (κ2) is 4.58. The quantitative estimate of drug-likeness (QED) is 0.652. The molecule has 0 bridgehead atoms. The summed E-state index contributed by atoms with van der Waals surface area (Å²) in [6.45, 7) is 0. The Morgan fingerprint density at radius 2 is 2.06 bits per heavy atom. The second-order valence-corrected chi connectivity index (χ2v) is 3.42. The third-order valence-electron chi connectivity index (χ3n) is 2.23. The summed E-state index contributed by atoms with van der Waals surface area (Å²) >= 11 is 0. The van der Waals surface area contributed by atoms with Crippen molar-refractivity contribution in [3.8, 4) is 11.3 Å². The molecular weight excluding hydrogens is 238 g/mol. The summed E-state index contributed by atoms with van der Waals surface area (Å²) in [5, 5.41) is 19.6. The molecule has 0 aliphatic heterocycles. The smallest absolute Gasteiger partial charge is 0.335 e. The number of aromatic nitrogens is 2. The molecule has 0 aliphatic carbocycles. The van der Waals surface area contributed by atoms with E-state index in [1.807, 2.05) is 0 Å². The predicted octanol–water partition coefficient (Wildman–Crippen LogP) is 1.75. The van der Waals surface area contributed by atoms with Gasteiger partial charge in [-0.15, -0.1) is 0 Å². The average Bonchev–Trinajstić information content (AvgIpc) is 2.39. The molecule has 0 saturated carbocycles. The molecule has 90 valence electrons. The van der Waals surface area contributed by atoms with Crippen LogP contribution >= 0.6 is 0 Å². The van der Waals surface area contributed by atoms with E-state index in [0.717, 1.165) is 6.07 Å². The number of hydrogen-bond donors (Lipinski definition) is 1. The number of nitrogens with zero attached hydrogens (tertiary/aromatic N) is 3. The molecule has 0 spiro atoms. The zero-order valence-electron chi connectivity index (χ0n) is 8.98. The summed E-state index contributed by atoms with van der Waals surface area (Å²) in [6.07, 6.45) is 4.29. The Bertz CT molecular complexity index is 581. The summed E-state index contributed by atoms with van der Waals surface area (Å²) in [4.78, 5) is 28.8. The predicted molar refractivity (Wildman–Crippen MR) is 61.1 cm³/mol. The molecule has 1 aromatic carbocycles. The molecule has 0 aliphatic rings. The van der Waals surface area contributed by atoms with Crippen LogP contribution in [0, 0.1) is 10.1 Å². The van der Waals surface area contributed by atoms with Gasteiger partial charge in [0.2, 0.25) is 0 Å². The molecular formula is C11H7N3O4. The highest BCUT2D eigenvalue weighted by atomic mass is 16.6. The average molecular weight is 245 g/mol. The monoisotopic (exact) mass is 245 g/mol. The summed E-state index contributed by atoms with van der Waals surface area (Å²) in [7, 11) is 0. The van der Waals surface area contributed by atoms with Crippen molar-refractivity contribution in [2.75, 3.05) is 0 Å². The molecule has 1 N–H and O–H groups in total. The maximum absolute atomic E-state index is 10.9. The van der Waals surface area contributed by atoms with Crippen molar-refractivity contribution in [2.45, 2.75) is 0 Å². The van der Waals surface area contributed by atoms with E-state index in [1.54, 1.807) is 0 Å². The lowest BCUT2D eigenvalue weighted by molar-refractivity contribution is -0.384. The van der Waals surface area contributed by atoms with Crippen molar-refractivity contribution >= 4 is 11.7 Å². The number of hydrogen-bond acceptors (Lipinski definition) is 5. The summed E-state index contributed by atoms with van der Waals surface area (Å²) in [6, 6.07) is 3.58. The van der Waals surface area contributed by atoms with Crippen molar-refractivity contribution in [2.24, 2.45) is 0 Å². The Morgan fingerprint density at radius 1 is 1.28 bits per heavy atom. The molecule has 0 amide bonds. The first-order valence-corrected chi connectivity index (χ1v) is 4.87. The van der Waals surface area contributed by atoms with Gasteiger partial charge in [-0.2, -0.15) is 0 Å². The highest BCUT2D eigenvalue weighted by molar-refractivity contribution is 5.90. The van der Waals surface area contributed by atoms with Gasteiger partial charge in [0, 0.05) is 30.1 Å². The van der Waals surface area contributed by atoms with E-state index in [4.69, 9.17) is 5.11 Å². The molecule has 1 aromatic heterocycles. The van der Waals surface area contributed by atoms with Crippen LogP contribution in [0.5, 0.6) is 0 Å². The lowest BCUT2D eigenvalue weighted by atomic mass is 10.1. The third-order valence-corrected chi connectivity index (χ3v) is 2.23. The van der Waals surface area contributed by atoms with E-state index in [0.29, 0.717) is 11.3 Å². The number of carboxylic acids is 1. The maximum atomic E-state index is 10.9. The molecule has 0 radical (unpaired) electrons. The van der Waals surface area contributed by atoms with Gasteiger partial charge in [0.15, 0.2) is 0 Å². The number of non-ortho nitro benzene ring substituents is 1. The molecule has 0 fully saturated rings. The van der Waals surface area contributed by atoms with Crippen molar-refractivity contribution in [1.29, 1.82) is 0 Å². The number of nitro groups is 1. The van der Waals surface area contributed by atoms with Crippen LogP contribution in [-0.4, -0.2) is 26.0 Å². The number of rotatable bonds is 3. The highest BCUT2D eigenvalue weighted by Gasteiger charge is 2.15. The van der Waals surface area contributed by atoms with Crippen LogP contribution in [0.2, 0.25) is 0 Å². The molecule has 0 unspecified atom stereocenters. The molecule has 7 heteroatoms. The van der Waals surface area contributed by atoms with Gasteiger partial charge in [-0.1, -0.05) is 0 Å². The Balaban J connectivity index is 2.61. The van der Waals surface area contributed by atoms with Crippen molar-refractivity contribution in [3.05, 3.63) is 52.5 Å². The standard InChI is InChI=1S/C11H7N3O4/c15-11(16)8-3-7(4-9(5-8)14(17)18)10-6-12-1-2-13-10/h1-6H,(H,15,16). The minimum atomic E-state index is -1.23. The van der Waals surface area contributed by atoms with Crippen molar-refractivity contribution in [1.82, 2.24) is 9.97 Å². The lowest BCUT2D eigenvalue weighted by Gasteiger charge is -2.02. The van der Waals surface area contributed by atoms with E-state index in [-0.39, 0.29) is 11.3 Å². The number of benzene rings is 1. The summed E-state index contributed by atoms with van der Waals surface area (Å²) in [5.74, 6) is -1.23. The van der Waals surface area contributed by atoms with Crippen molar-refractivity contribution in [3.63, 3.8) is 0 Å². The summed E-state index contributed by atoms with van der Waals surface area (Å²) in [5.41, 5.74) is 0.263. The van der Waals surface area contributed by atoms with Crippen LogP contribution in [0.4, 0.5) is 5.69 Å². The number of carboxylic acid groups (broad SMARTS) is 1. The number of aromatic carboxylic acids is 1. The molecule has 2 aromatic rings. The Kier molecular flexibility index (Phi) is 2.96. The largest absolute Gasteiger partial charge is 0.478 e. The molecule has 18 heavy (non-hydrogen) atoms. The second-order valence-electron chi connectivity index (χ2n) is 3.42. The summed E-state index contributed by atoms with van der Waals surface area (Å²) < 4.78 is 0. The van der Waals surface area contributed by atoms with Crippen molar-refractivity contribution < 1.29 is 14.8 Å². The van der Waals surface area contributed by atoms with Gasteiger partial charge in [-0.25, -0.2) is 4.79 Å². The van der Waals surface area contributed by atoms with Gasteiger partial charge in [0.25, 0.3) is 5.69 Å². The SMILES string of the molecule is O=C(O)c1cc(-c2cnccn2)cc([N+](=O)[O-])c1. The van der Waals surface area contributed by atoms with Crippen LogP contribution in [0.3, 0.4) is 0 Å². The van der Waals surface area contributed by atoms with Crippen LogP contribution < -0.4 is 0 Å². The van der Waals surface area contributed by atoms with Crippen LogP contribution in [0.15, 0.2) is 36.8 Å². The lowest BCUT2D eigenvalue weighted by Crippen LogP contribution is -1.99. The first-order valence-electron chi connectivity index (χ1n) is 4.87. The number of nitro benzene ring substituents is 1. The van der Waals surface area contributed by atoms with Gasteiger partial charge < -0.3 is 5.11 Å². The minimum Gasteiger partial charge on any atom is -0.478 e. The molecule has 0 atom stereocenters. The zero-order valence-corrected chi connectivity index (χ0v) is 8.98. The minimum absolute atomic E-state index is 0.162. The van der Waals surface area contributed by atoms with Gasteiger partial charge in [0.05, 0.1) is 22.4 Å². The van der Waals surface area contributed by atoms with E-state index in [2.05, 4.69) is 9.97 Å². The molecule has 0 saturated heterocycles. The van der Waals surface area contributed by atoms with Crippen LogP contribution in [-0.2, 0) is 0 Å². The highest BCUT2D eigenvalue weighted by Crippen LogP contribution is 2.24. The van der Waals surface area contributed by atoms with E-state index in [1.165, 1.54) is 30.7 Å². The normalized spacial score (nSPS) is 10.0. The first-order chi connectivity index (χ1) is 8.58. The van der Waals surface area contributed by atoms with Gasteiger partial charge in [-0.3, -0.25) is 20.1 Å². The number of carbonyl (C=O) groups is 1. The van der Waals surface area contributed by atoms with Gasteiger partial charge in [-0.05, 0) is 6.07 Å². The van der Waals surface area contributed by atoms with Gasteiger partial charge >= 0.3 is 5.97 Å². The molecule has 2 rings (SSSR count). The van der Waals surface area contributed by atoms with Crippen LogP contribution in [0.25, 0.3) is 11.3 Å². The fourth-order valence-electron chi connectivity index (χ4n) is 1.44. The first kappa shape index (κ1) is 11.6. The maximum Gasteiger partial charge on any atom is 0.335 e. The fourth-order valence-corrected chi connectivity index (χ4v) is 1.44. The van der Waals surface area contributed by atoms with E-state index >= 15 is 0 Å². The van der Waals surface area contributed by atoms with Gasteiger partial charge in [0.1, 0.15) is 0 Å². The van der Waals surface area contributed by atoms with E-state index in [9.17, 15) is 14.9 Å². The molecule has 1 heterocycles. The Hall–Kier alpha value is -2.83. The van der Waals surface area contributed by atoms with Crippen LogP contribution in [0.1, 0.15) is 10.4 Å². The Labute approximate surface area is 101 Å². The fraction of sp³-hybridized carbons (Fsp3) is 0.